The van der Waals surface area contributed by atoms with Crippen molar-refractivity contribution in [1.82, 2.24) is 10.0 Å². The molecule has 0 unspecified atom stereocenters. The van der Waals surface area contributed by atoms with Crippen LogP contribution in [0.25, 0.3) is 11.3 Å². The van der Waals surface area contributed by atoms with E-state index in [0.29, 0.717) is 11.3 Å². The molecule has 1 aromatic carbocycles. The van der Waals surface area contributed by atoms with Crippen molar-refractivity contribution in [3.05, 3.63) is 53.7 Å². The summed E-state index contributed by atoms with van der Waals surface area (Å²) in [6.07, 6.45) is 1.59. The molecule has 0 atom stereocenters. The first kappa shape index (κ1) is 14.2. The van der Waals surface area contributed by atoms with Gasteiger partial charge in [-0.3, -0.25) is 14.6 Å². The van der Waals surface area contributed by atoms with Gasteiger partial charge in [0.05, 0.1) is 19.4 Å². The molecule has 2 aromatic rings. The van der Waals surface area contributed by atoms with E-state index >= 15 is 0 Å². The minimum atomic E-state index is -0.233. The molecule has 0 saturated heterocycles. The maximum Gasteiger partial charge on any atom is 0.277 e. The molecule has 20 heavy (non-hydrogen) atoms. The number of hydrogen-bond acceptors (Lipinski definition) is 4. The molecule has 1 amide bonds. The molecule has 0 fully saturated rings. The number of hydroxylamine groups is 2. The van der Waals surface area contributed by atoms with Crippen molar-refractivity contribution in [1.29, 1.82) is 0 Å². The van der Waals surface area contributed by atoms with Crippen LogP contribution < -0.4 is 0 Å². The van der Waals surface area contributed by atoms with Gasteiger partial charge in [-0.15, -0.1) is 0 Å². The number of pyridine rings is 1. The van der Waals surface area contributed by atoms with Crippen LogP contribution in [0.1, 0.15) is 15.9 Å². The van der Waals surface area contributed by atoms with Crippen molar-refractivity contribution < 1.29 is 14.7 Å². The Hall–Kier alpha value is -2.24. The molecule has 5 heteroatoms. The molecule has 1 N–H and O–H groups in total. The average molecular weight is 272 g/mol. The lowest BCUT2D eigenvalue weighted by Crippen LogP contribution is -2.25. The number of aliphatic hydroxyl groups excluding tert-OH is 1. The fourth-order valence-corrected chi connectivity index (χ4v) is 1.77. The minimum Gasteiger partial charge on any atom is -0.392 e. The molecule has 0 saturated carbocycles. The molecule has 0 aliphatic rings. The van der Waals surface area contributed by atoms with Crippen LogP contribution in [0.4, 0.5) is 0 Å². The van der Waals surface area contributed by atoms with Gasteiger partial charge in [0.2, 0.25) is 0 Å². The fraction of sp³-hybridized carbons (Fsp3) is 0.200. The van der Waals surface area contributed by atoms with Crippen LogP contribution in [-0.4, -0.2) is 35.2 Å². The Labute approximate surface area is 117 Å². The van der Waals surface area contributed by atoms with Crippen LogP contribution in [-0.2, 0) is 11.4 Å². The number of hydrogen-bond donors (Lipinski definition) is 1. The Morgan fingerprint density at radius 3 is 2.60 bits per heavy atom. The van der Waals surface area contributed by atoms with E-state index in [1.807, 2.05) is 24.3 Å². The first-order valence-electron chi connectivity index (χ1n) is 6.14. The van der Waals surface area contributed by atoms with Crippen LogP contribution in [0.15, 0.2) is 42.6 Å². The highest BCUT2D eigenvalue weighted by Gasteiger charge is 2.12. The van der Waals surface area contributed by atoms with E-state index in [1.165, 1.54) is 7.11 Å². The lowest BCUT2D eigenvalue weighted by Gasteiger charge is -2.13. The monoisotopic (exact) mass is 272 g/mol. The van der Waals surface area contributed by atoms with Crippen LogP contribution in [0.5, 0.6) is 0 Å². The third-order valence-corrected chi connectivity index (χ3v) is 3.00. The van der Waals surface area contributed by atoms with E-state index in [2.05, 4.69) is 4.98 Å². The van der Waals surface area contributed by atoms with Crippen molar-refractivity contribution in [2.24, 2.45) is 0 Å². The topological polar surface area (TPSA) is 62.7 Å². The number of nitrogens with zero attached hydrogens (tertiary/aromatic N) is 2. The van der Waals surface area contributed by atoms with Crippen LogP contribution in [0, 0.1) is 0 Å². The van der Waals surface area contributed by atoms with Crippen LogP contribution in [0.3, 0.4) is 0 Å². The van der Waals surface area contributed by atoms with Crippen molar-refractivity contribution in [2.45, 2.75) is 6.61 Å². The summed E-state index contributed by atoms with van der Waals surface area (Å²) in [6.45, 7) is 0.00483. The zero-order valence-electron chi connectivity index (χ0n) is 11.4. The lowest BCUT2D eigenvalue weighted by atomic mass is 10.1. The first-order valence-corrected chi connectivity index (χ1v) is 6.14. The fourth-order valence-electron chi connectivity index (χ4n) is 1.77. The molecule has 5 nitrogen and oxygen atoms in total. The van der Waals surface area contributed by atoms with E-state index in [4.69, 9.17) is 9.94 Å². The molecule has 0 radical (unpaired) electrons. The summed E-state index contributed by atoms with van der Waals surface area (Å²) >= 11 is 0. The second-order valence-electron chi connectivity index (χ2n) is 4.27. The number of amides is 1. The molecular formula is C15H16N2O3. The molecule has 2 rings (SSSR count). The Morgan fingerprint density at radius 1 is 1.30 bits per heavy atom. The molecule has 104 valence electrons. The highest BCUT2D eigenvalue weighted by Crippen LogP contribution is 2.19. The maximum atomic E-state index is 12.0. The van der Waals surface area contributed by atoms with Gasteiger partial charge in [0.15, 0.2) is 0 Å². The van der Waals surface area contributed by atoms with Gasteiger partial charge in [-0.05, 0) is 17.7 Å². The molecule has 0 aliphatic carbocycles. The Kier molecular flexibility index (Phi) is 4.45. The van der Waals surface area contributed by atoms with Gasteiger partial charge in [-0.2, -0.15) is 0 Å². The number of rotatable bonds is 4. The Balaban J connectivity index is 2.31. The minimum absolute atomic E-state index is 0.00483. The van der Waals surface area contributed by atoms with Crippen molar-refractivity contribution >= 4 is 5.91 Å². The zero-order valence-corrected chi connectivity index (χ0v) is 11.4. The second-order valence-corrected chi connectivity index (χ2v) is 4.27. The summed E-state index contributed by atoms with van der Waals surface area (Å²) in [5.74, 6) is -0.233. The summed E-state index contributed by atoms with van der Waals surface area (Å²) < 4.78 is 0. The quantitative estimate of drug-likeness (QED) is 0.863. The van der Waals surface area contributed by atoms with Gasteiger partial charge in [-0.25, -0.2) is 5.06 Å². The summed E-state index contributed by atoms with van der Waals surface area (Å²) in [7, 11) is 2.99. The van der Waals surface area contributed by atoms with Gasteiger partial charge < -0.3 is 5.11 Å². The number of carbonyl (C=O) groups excluding carboxylic acids is 1. The van der Waals surface area contributed by atoms with E-state index < -0.39 is 0 Å². The van der Waals surface area contributed by atoms with Crippen LogP contribution in [0.2, 0.25) is 0 Å². The summed E-state index contributed by atoms with van der Waals surface area (Å²) in [6, 6.07) is 10.7. The van der Waals surface area contributed by atoms with Gasteiger partial charge in [0.25, 0.3) is 5.91 Å². The predicted molar refractivity (Wildman–Crippen MR) is 74.7 cm³/mol. The van der Waals surface area contributed by atoms with Crippen molar-refractivity contribution in [3.63, 3.8) is 0 Å². The summed E-state index contributed by atoms with van der Waals surface area (Å²) in [5, 5.41) is 10.2. The maximum absolute atomic E-state index is 12.0. The Bertz CT molecular complexity index is 596. The van der Waals surface area contributed by atoms with Crippen molar-refractivity contribution in [3.8, 4) is 11.3 Å². The smallest absolute Gasteiger partial charge is 0.277 e. The van der Waals surface area contributed by atoms with Gasteiger partial charge in [0, 0.05) is 24.4 Å². The van der Waals surface area contributed by atoms with Gasteiger partial charge in [0.1, 0.15) is 0 Å². The molecule has 0 aliphatic heterocycles. The third-order valence-electron chi connectivity index (χ3n) is 3.00. The van der Waals surface area contributed by atoms with E-state index in [1.54, 1.807) is 25.4 Å². The number of carbonyl (C=O) groups is 1. The molecule has 0 spiro atoms. The summed E-state index contributed by atoms with van der Waals surface area (Å²) in [5.41, 5.74) is 2.92. The molecule has 0 bridgehead atoms. The number of aliphatic hydroxyl groups is 1. The predicted octanol–water partition coefficient (Wildman–Crippen LogP) is 1.87. The van der Waals surface area contributed by atoms with Crippen molar-refractivity contribution in [2.75, 3.05) is 14.2 Å². The largest absolute Gasteiger partial charge is 0.392 e. The van der Waals surface area contributed by atoms with E-state index in [-0.39, 0.29) is 12.5 Å². The average Bonchev–Trinajstić information content (AvgIpc) is 2.53. The Morgan fingerprint density at radius 2 is 2.00 bits per heavy atom. The molecule has 1 heterocycles. The summed E-state index contributed by atoms with van der Waals surface area (Å²) in [4.78, 5) is 21.1. The second kappa shape index (κ2) is 6.27. The molecule has 1 aromatic heterocycles. The normalized spacial score (nSPS) is 10.3. The highest BCUT2D eigenvalue weighted by atomic mass is 16.7. The lowest BCUT2D eigenvalue weighted by molar-refractivity contribution is -0.0757. The molecular weight excluding hydrogens is 256 g/mol. The van der Waals surface area contributed by atoms with E-state index in [9.17, 15) is 4.79 Å². The highest BCUT2D eigenvalue weighted by molar-refractivity contribution is 5.94. The SMILES string of the molecule is CON(C)C(=O)c1ccnc(-c2ccc(CO)cc2)c1. The van der Waals surface area contributed by atoms with Gasteiger partial charge in [-0.1, -0.05) is 24.3 Å². The first-order chi connectivity index (χ1) is 9.65. The number of benzene rings is 1. The zero-order chi connectivity index (χ0) is 14.5. The van der Waals surface area contributed by atoms with E-state index in [0.717, 1.165) is 16.2 Å². The van der Waals surface area contributed by atoms with Crippen LogP contribution >= 0.6 is 0 Å². The van der Waals surface area contributed by atoms with Gasteiger partial charge >= 0.3 is 0 Å². The number of aromatic nitrogens is 1. The third kappa shape index (κ3) is 3.01. The standard InChI is InChI=1S/C15H16N2O3/c1-17(20-2)15(19)13-7-8-16-14(9-13)12-5-3-11(10-18)4-6-12/h3-9,18H,10H2,1-2H3.